The summed E-state index contributed by atoms with van der Waals surface area (Å²) in [7, 11) is 0. The standard InChI is InChI=1S/C18H16N2O2/c1-12-8-10-15(11-9-12)20-17(21)13(2)16(19-18(20)22)14-6-4-3-5-7-14/h3-11H,1-2H3,(H,19,22). The number of rotatable bonds is 2. The monoisotopic (exact) mass is 292 g/mol. The van der Waals surface area contributed by atoms with Crippen LogP contribution in [-0.4, -0.2) is 9.55 Å². The molecule has 0 aliphatic carbocycles. The molecule has 0 amide bonds. The zero-order valence-corrected chi connectivity index (χ0v) is 12.5. The molecule has 0 aliphatic heterocycles. The summed E-state index contributed by atoms with van der Waals surface area (Å²) < 4.78 is 1.17. The van der Waals surface area contributed by atoms with Gasteiger partial charge >= 0.3 is 5.69 Å². The number of hydrogen-bond acceptors (Lipinski definition) is 2. The second-order valence-corrected chi connectivity index (χ2v) is 5.27. The van der Waals surface area contributed by atoms with Gasteiger partial charge in [-0.25, -0.2) is 9.36 Å². The third kappa shape index (κ3) is 2.39. The first-order valence-corrected chi connectivity index (χ1v) is 7.06. The van der Waals surface area contributed by atoms with Crippen molar-refractivity contribution in [1.29, 1.82) is 0 Å². The van der Waals surface area contributed by atoms with Crippen LogP contribution in [0, 0.1) is 13.8 Å². The fraction of sp³-hybridized carbons (Fsp3) is 0.111. The number of H-pyrrole nitrogens is 1. The number of aromatic amines is 1. The van der Waals surface area contributed by atoms with Gasteiger partial charge in [-0.05, 0) is 31.5 Å². The molecule has 0 bridgehead atoms. The van der Waals surface area contributed by atoms with Crippen LogP contribution in [0.1, 0.15) is 11.1 Å². The SMILES string of the molecule is Cc1ccc(-n2c(=O)[nH]c(-c3ccccc3)c(C)c2=O)cc1. The molecule has 0 aliphatic rings. The van der Waals surface area contributed by atoms with E-state index in [0.717, 1.165) is 11.1 Å². The highest BCUT2D eigenvalue weighted by Gasteiger charge is 2.12. The highest BCUT2D eigenvalue weighted by molar-refractivity contribution is 5.62. The molecule has 0 atom stereocenters. The normalized spacial score (nSPS) is 10.6. The Kier molecular flexibility index (Phi) is 3.51. The summed E-state index contributed by atoms with van der Waals surface area (Å²) in [5, 5.41) is 0. The number of hydrogen-bond donors (Lipinski definition) is 1. The molecule has 0 spiro atoms. The summed E-state index contributed by atoms with van der Waals surface area (Å²) in [6.07, 6.45) is 0. The summed E-state index contributed by atoms with van der Waals surface area (Å²) in [5.41, 5.74) is 2.82. The first kappa shape index (κ1) is 14.1. The van der Waals surface area contributed by atoms with Crippen LogP contribution < -0.4 is 11.2 Å². The fourth-order valence-electron chi connectivity index (χ4n) is 2.45. The average molecular weight is 292 g/mol. The van der Waals surface area contributed by atoms with E-state index in [1.165, 1.54) is 4.57 Å². The Balaban J connectivity index is 2.24. The molecule has 0 saturated heterocycles. The van der Waals surface area contributed by atoms with Gasteiger partial charge in [-0.3, -0.25) is 4.79 Å². The van der Waals surface area contributed by atoms with Gasteiger partial charge in [0.15, 0.2) is 0 Å². The highest BCUT2D eigenvalue weighted by Crippen LogP contribution is 2.17. The molecule has 3 rings (SSSR count). The number of nitrogens with zero attached hydrogens (tertiary/aromatic N) is 1. The molecule has 1 aromatic heterocycles. The Hall–Kier alpha value is -2.88. The first-order valence-electron chi connectivity index (χ1n) is 7.06. The van der Waals surface area contributed by atoms with Crippen LogP contribution in [0.15, 0.2) is 64.2 Å². The van der Waals surface area contributed by atoms with E-state index in [1.807, 2.05) is 49.4 Å². The number of aromatic nitrogens is 2. The molecule has 4 heteroatoms. The van der Waals surface area contributed by atoms with Gasteiger partial charge in [-0.15, -0.1) is 0 Å². The lowest BCUT2D eigenvalue weighted by Crippen LogP contribution is -2.35. The van der Waals surface area contributed by atoms with E-state index in [9.17, 15) is 9.59 Å². The van der Waals surface area contributed by atoms with Crippen molar-refractivity contribution < 1.29 is 0 Å². The number of aryl methyl sites for hydroxylation is 1. The smallest absolute Gasteiger partial charge is 0.306 e. The molecule has 0 fully saturated rings. The molecule has 4 nitrogen and oxygen atoms in total. The first-order chi connectivity index (χ1) is 10.6. The Morgan fingerprint density at radius 2 is 1.50 bits per heavy atom. The summed E-state index contributed by atoms with van der Waals surface area (Å²) in [6.45, 7) is 3.69. The van der Waals surface area contributed by atoms with Crippen molar-refractivity contribution in [3.63, 3.8) is 0 Å². The van der Waals surface area contributed by atoms with Crippen LogP contribution >= 0.6 is 0 Å². The fourth-order valence-corrected chi connectivity index (χ4v) is 2.45. The van der Waals surface area contributed by atoms with Crippen LogP contribution in [0.3, 0.4) is 0 Å². The van der Waals surface area contributed by atoms with Gasteiger partial charge in [0.25, 0.3) is 5.56 Å². The second-order valence-electron chi connectivity index (χ2n) is 5.27. The zero-order valence-electron chi connectivity index (χ0n) is 12.5. The summed E-state index contributed by atoms with van der Waals surface area (Å²) in [6, 6.07) is 16.7. The van der Waals surface area contributed by atoms with Crippen molar-refractivity contribution in [2.24, 2.45) is 0 Å². The second kappa shape index (κ2) is 5.48. The van der Waals surface area contributed by atoms with Crippen molar-refractivity contribution in [3.8, 4) is 16.9 Å². The van der Waals surface area contributed by atoms with E-state index in [2.05, 4.69) is 4.98 Å². The van der Waals surface area contributed by atoms with Gasteiger partial charge in [-0.1, -0.05) is 48.0 Å². The predicted octanol–water partition coefficient (Wildman–Crippen LogP) is 2.81. The van der Waals surface area contributed by atoms with Crippen molar-refractivity contribution in [2.45, 2.75) is 13.8 Å². The van der Waals surface area contributed by atoms with Gasteiger partial charge in [0.05, 0.1) is 11.4 Å². The summed E-state index contributed by atoms with van der Waals surface area (Å²) in [5.74, 6) is 0. The van der Waals surface area contributed by atoms with Crippen molar-refractivity contribution >= 4 is 0 Å². The van der Waals surface area contributed by atoms with Crippen LogP contribution in [0.5, 0.6) is 0 Å². The molecule has 3 aromatic rings. The molecule has 2 aromatic carbocycles. The topological polar surface area (TPSA) is 54.9 Å². The molecule has 0 saturated carbocycles. The lowest BCUT2D eigenvalue weighted by atomic mass is 10.1. The Morgan fingerprint density at radius 3 is 2.14 bits per heavy atom. The van der Waals surface area contributed by atoms with Crippen LogP contribution in [0.2, 0.25) is 0 Å². The number of nitrogens with one attached hydrogen (secondary N) is 1. The minimum Gasteiger partial charge on any atom is -0.306 e. The van der Waals surface area contributed by atoms with Gasteiger partial charge in [0, 0.05) is 5.56 Å². The molecule has 1 heterocycles. The van der Waals surface area contributed by atoms with Crippen LogP contribution in [0.4, 0.5) is 0 Å². The van der Waals surface area contributed by atoms with Gasteiger partial charge in [-0.2, -0.15) is 0 Å². The van der Waals surface area contributed by atoms with E-state index >= 15 is 0 Å². The minimum absolute atomic E-state index is 0.300. The van der Waals surface area contributed by atoms with Gasteiger partial charge < -0.3 is 4.98 Å². The predicted molar refractivity (Wildman–Crippen MR) is 87.6 cm³/mol. The maximum Gasteiger partial charge on any atom is 0.333 e. The molecular weight excluding hydrogens is 276 g/mol. The van der Waals surface area contributed by atoms with E-state index < -0.39 is 5.69 Å². The van der Waals surface area contributed by atoms with Crippen molar-refractivity contribution in [1.82, 2.24) is 9.55 Å². The molecule has 1 N–H and O–H groups in total. The van der Waals surface area contributed by atoms with E-state index in [4.69, 9.17) is 0 Å². The maximum absolute atomic E-state index is 12.6. The van der Waals surface area contributed by atoms with E-state index in [0.29, 0.717) is 16.9 Å². The average Bonchev–Trinajstić information content (AvgIpc) is 2.53. The third-order valence-corrected chi connectivity index (χ3v) is 3.69. The summed E-state index contributed by atoms with van der Waals surface area (Å²) >= 11 is 0. The van der Waals surface area contributed by atoms with Gasteiger partial charge in [0.1, 0.15) is 0 Å². The molecule has 0 radical (unpaired) electrons. The largest absolute Gasteiger partial charge is 0.333 e. The van der Waals surface area contributed by atoms with Crippen molar-refractivity contribution in [3.05, 3.63) is 86.6 Å². The van der Waals surface area contributed by atoms with E-state index in [-0.39, 0.29) is 5.56 Å². The lowest BCUT2D eigenvalue weighted by molar-refractivity contribution is 0.863. The highest BCUT2D eigenvalue weighted by atomic mass is 16.2. The Morgan fingerprint density at radius 1 is 0.864 bits per heavy atom. The third-order valence-electron chi connectivity index (χ3n) is 3.69. The van der Waals surface area contributed by atoms with Gasteiger partial charge in [0.2, 0.25) is 0 Å². The maximum atomic E-state index is 12.6. The molecular formula is C18H16N2O2. The van der Waals surface area contributed by atoms with Crippen molar-refractivity contribution in [2.75, 3.05) is 0 Å². The van der Waals surface area contributed by atoms with E-state index in [1.54, 1.807) is 19.1 Å². The summed E-state index contributed by atoms with van der Waals surface area (Å²) in [4.78, 5) is 27.8. The Labute approximate surface area is 127 Å². The minimum atomic E-state index is -0.432. The lowest BCUT2D eigenvalue weighted by Gasteiger charge is -2.10. The quantitative estimate of drug-likeness (QED) is 0.789. The van der Waals surface area contributed by atoms with Crippen LogP contribution in [0.25, 0.3) is 16.9 Å². The molecule has 0 unspecified atom stereocenters. The Bertz CT molecular complexity index is 920. The molecule has 110 valence electrons. The van der Waals surface area contributed by atoms with Crippen LogP contribution in [-0.2, 0) is 0 Å². The zero-order chi connectivity index (χ0) is 15.7. The molecule has 22 heavy (non-hydrogen) atoms. The number of benzene rings is 2.